The maximum atomic E-state index is 13.7. The van der Waals surface area contributed by atoms with E-state index in [0.717, 1.165) is 41.8 Å². The molecular weight excluding hydrogens is 502 g/mol. The molecule has 1 aliphatic rings. The van der Waals surface area contributed by atoms with Crippen LogP contribution >= 0.6 is 11.6 Å². The van der Waals surface area contributed by atoms with Crippen molar-refractivity contribution in [2.24, 2.45) is 0 Å². The highest BCUT2D eigenvalue weighted by atomic mass is 35.5. The molecule has 0 unspecified atom stereocenters. The van der Waals surface area contributed by atoms with Crippen LogP contribution in [-0.2, 0) is 26.2 Å². The molecule has 2 amide bonds. The van der Waals surface area contributed by atoms with Gasteiger partial charge in [0, 0.05) is 17.6 Å². The second-order valence-electron chi connectivity index (χ2n) is 9.24. The van der Waals surface area contributed by atoms with Crippen LogP contribution in [0.4, 0.5) is 5.69 Å². The number of nitrogens with one attached hydrogen (secondary N) is 1. The lowest BCUT2D eigenvalue weighted by Crippen LogP contribution is -2.52. The Morgan fingerprint density at radius 2 is 1.78 bits per heavy atom. The van der Waals surface area contributed by atoms with Gasteiger partial charge in [-0.05, 0) is 68.1 Å². The Morgan fingerprint density at radius 3 is 2.33 bits per heavy atom. The van der Waals surface area contributed by atoms with Crippen LogP contribution in [0.25, 0.3) is 0 Å². The molecule has 1 atom stereocenters. The number of ether oxygens (including phenoxy) is 1. The Hall–Kier alpha value is -2.78. The molecule has 2 aromatic rings. The Labute approximate surface area is 218 Å². The van der Waals surface area contributed by atoms with Gasteiger partial charge in [-0.3, -0.25) is 13.9 Å². The molecule has 36 heavy (non-hydrogen) atoms. The Kier molecular flexibility index (Phi) is 9.24. The van der Waals surface area contributed by atoms with Crippen LogP contribution < -0.4 is 14.4 Å². The van der Waals surface area contributed by atoms with Gasteiger partial charge in [-0.15, -0.1) is 0 Å². The molecule has 10 heteroatoms. The van der Waals surface area contributed by atoms with E-state index in [1.54, 1.807) is 51.3 Å². The highest BCUT2D eigenvalue weighted by Gasteiger charge is 2.31. The molecule has 0 bridgehead atoms. The van der Waals surface area contributed by atoms with E-state index < -0.39 is 28.5 Å². The fraction of sp³-hybridized carbons (Fsp3) is 0.462. The SMILES string of the molecule is COc1ccc(CN(C(=O)CN(c2ccc(Cl)cc2C)S(C)(=O)=O)[C@H](C)C(=O)NC2CCCC2)cc1. The van der Waals surface area contributed by atoms with Crippen LogP contribution in [0.2, 0.25) is 5.02 Å². The Morgan fingerprint density at radius 1 is 1.14 bits per heavy atom. The molecule has 0 saturated heterocycles. The lowest BCUT2D eigenvalue weighted by Gasteiger charge is -2.32. The van der Waals surface area contributed by atoms with Gasteiger partial charge in [0.05, 0.1) is 19.1 Å². The Balaban J connectivity index is 1.89. The highest BCUT2D eigenvalue weighted by Crippen LogP contribution is 2.26. The fourth-order valence-corrected chi connectivity index (χ4v) is 5.53. The van der Waals surface area contributed by atoms with Gasteiger partial charge in [-0.1, -0.05) is 36.6 Å². The molecule has 1 N–H and O–H groups in total. The summed E-state index contributed by atoms with van der Waals surface area (Å²) in [7, 11) is -2.23. The quantitative estimate of drug-likeness (QED) is 0.498. The summed E-state index contributed by atoms with van der Waals surface area (Å²) in [5, 5.41) is 3.52. The van der Waals surface area contributed by atoms with Crippen LogP contribution in [0, 0.1) is 6.92 Å². The van der Waals surface area contributed by atoms with Crippen LogP contribution in [-0.4, -0.2) is 57.1 Å². The standard InChI is InChI=1S/C26H34ClN3O5S/c1-18-15-21(27)11-14-24(18)30(36(4,33)34)17-25(31)29(16-20-9-12-23(35-3)13-10-20)19(2)26(32)28-22-7-5-6-8-22/h9-15,19,22H,5-8,16-17H2,1-4H3,(H,28,32)/t19-/m1/s1. The zero-order valence-corrected chi connectivity index (χ0v) is 22.7. The van der Waals surface area contributed by atoms with Gasteiger partial charge in [0.1, 0.15) is 18.3 Å². The number of benzene rings is 2. The molecule has 0 aliphatic heterocycles. The molecule has 1 fully saturated rings. The van der Waals surface area contributed by atoms with Gasteiger partial charge in [-0.2, -0.15) is 0 Å². The van der Waals surface area contributed by atoms with E-state index in [9.17, 15) is 18.0 Å². The predicted octanol–water partition coefficient (Wildman–Crippen LogP) is 3.90. The van der Waals surface area contributed by atoms with Crippen molar-refractivity contribution in [3.05, 3.63) is 58.6 Å². The summed E-state index contributed by atoms with van der Waals surface area (Å²) in [5.74, 6) is -0.0675. The van der Waals surface area contributed by atoms with E-state index in [2.05, 4.69) is 5.32 Å². The zero-order valence-electron chi connectivity index (χ0n) is 21.2. The molecule has 1 saturated carbocycles. The molecule has 0 aromatic heterocycles. The van der Waals surface area contributed by atoms with E-state index in [1.807, 2.05) is 12.1 Å². The van der Waals surface area contributed by atoms with Crippen molar-refractivity contribution >= 4 is 39.1 Å². The monoisotopic (exact) mass is 535 g/mol. The van der Waals surface area contributed by atoms with Crippen molar-refractivity contribution in [2.75, 3.05) is 24.2 Å². The summed E-state index contributed by atoms with van der Waals surface area (Å²) in [6.45, 7) is 3.10. The number of sulfonamides is 1. The minimum atomic E-state index is -3.80. The molecule has 0 heterocycles. The van der Waals surface area contributed by atoms with E-state index in [-0.39, 0.29) is 18.5 Å². The number of methoxy groups -OCH3 is 1. The summed E-state index contributed by atoms with van der Waals surface area (Å²) in [5.41, 5.74) is 1.77. The number of anilines is 1. The van der Waals surface area contributed by atoms with Gasteiger partial charge in [0.15, 0.2) is 0 Å². The van der Waals surface area contributed by atoms with Gasteiger partial charge >= 0.3 is 0 Å². The summed E-state index contributed by atoms with van der Waals surface area (Å²) >= 11 is 6.05. The van der Waals surface area contributed by atoms with Crippen LogP contribution in [0.5, 0.6) is 5.75 Å². The molecule has 196 valence electrons. The lowest BCUT2D eigenvalue weighted by atomic mass is 10.1. The third-order valence-electron chi connectivity index (χ3n) is 6.49. The van der Waals surface area contributed by atoms with Crippen LogP contribution in [0.15, 0.2) is 42.5 Å². The molecule has 2 aromatic carbocycles. The second-order valence-corrected chi connectivity index (χ2v) is 11.6. The maximum absolute atomic E-state index is 13.7. The average Bonchev–Trinajstić information content (AvgIpc) is 3.33. The van der Waals surface area contributed by atoms with E-state index in [1.165, 1.54) is 4.90 Å². The smallest absolute Gasteiger partial charge is 0.244 e. The van der Waals surface area contributed by atoms with Crippen molar-refractivity contribution in [2.45, 2.75) is 58.2 Å². The van der Waals surface area contributed by atoms with Gasteiger partial charge < -0.3 is 15.0 Å². The summed E-state index contributed by atoms with van der Waals surface area (Å²) in [6, 6.07) is 11.3. The average molecular weight is 536 g/mol. The van der Waals surface area contributed by atoms with E-state index >= 15 is 0 Å². The lowest BCUT2D eigenvalue weighted by molar-refractivity contribution is -0.139. The summed E-state index contributed by atoms with van der Waals surface area (Å²) < 4.78 is 31.7. The third-order valence-corrected chi connectivity index (χ3v) is 7.85. The number of halogens is 1. The van der Waals surface area contributed by atoms with Crippen LogP contribution in [0.1, 0.15) is 43.7 Å². The van der Waals surface area contributed by atoms with E-state index in [4.69, 9.17) is 16.3 Å². The number of amides is 2. The normalized spacial score (nSPS) is 14.8. The zero-order chi connectivity index (χ0) is 26.5. The van der Waals surface area contributed by atoms with E-state index in [0.29, 0.717) is 22.0 Å². The highest BCUT2D eigenvalue weighted by molar-refractivity contribution is 7.92. The summed E-state index contributed by atoms with van der Waals surface area (Å²) in [4.78, 5) is 28.2. The summed E-state index contributed by atoms with van der Waals surface area (Å²) in [6.07, 6.45) is 5.03. The number of nitrogens with zero attached hydrogens (tertiary/aromatic N) is 2. The van der Waals surface area contributed by atoms with Crippen molar-refractivity contribution < 1.29 is 22.7 Å². The molecule has 3 rings (SSSR count). The number of hydrogen-bond donors (Lipinski definition) is 1. The largest absolute Gasteiger partial charge is 0.497 e. The van der Waals surface area contributed by atoms with Crippen molar-refractivity contribution in [3.8, 4) is 5.75 Å². The number of carbonyl (C=O) groups excluding carboxylic acids is 2. The molecule has 0 radical (unpaired) electrons. The minimum absolute atomic E-state index is 0.0992. The first kappa shape index (κ1) is 27.8. The number of carbonyl (C=O) groups is 2. The molecule has 8 nitrogen and oxygen atoms in total. The van der Waals surface area contributed by atoms with Gasteiger partial charge in [0.25, 0.3) is 0 Å². The topological polar surface area (TPSA) is 96.0 Å². The predicted molar refractivity (Wildman–Crippen MR) is 142 cm³/mol. The first-order chi connectivity index (χ1) is 17.0. The molecule has 0 spiro atoms. The first-order valence-electron chi connectivity index (χ1n) is 12.0. The molecule has 1 aliphatic carbocycles. The van der Waals surface area contributed by atoms with Crippen molar-refractivity contribution in [1.82, 2.24) is 10.2 Å². The van der Waals surface area contributed by atoms with Crippen molar-refractivity contribution in [3.63, 3.8) is 0 Å². The van der Waals surface area contributed by atoms with Crippen LogP contribution in [0.3, 0.4) is 0 Å². The van der Waals surface area contributed by atoms with Gasteiger partial charge in [0.2, 0.25) is 21.8 Å². The first-order valence-corrected chi connectivity index (χ1v) is 14.2. The maximum Gasteiger partial charge on any atom is 0.244 e. The fourth-order valence-electron chi connectivity index (χ4n) is 4.40. The number of rotatable bonds is 10. The number of aryl methyl sites for hydroxylation is 1. The minimum Gasteiger partial charge on any atom is -0.497 e. The van der Waals surface area contributed by atoms with Crippen molar-refractivity contribution in [1.29, 1.82) is 0 Å². The Bertz CT molecular complexity index is 1180. The number of hydrogen-bond acceptors (Lipinski definition) is 5. The van der Waals surface area contributed by atoms with Gasteiger partial charge in [-0.25, -0.2) is 8.42 Å². The molecular formula is C26H34ClN3O5S. The second kappa shape index (κ2) is 12.0. The third kappa shape index (κ3) is 7.13.